The molecule has 0 aliphatic carbocycles. The van der Waals surface area contributed by atoms with Crippen LogP contribution in [0, 0.1) is 0 Å². The van der Waals surface area contributed by atoms with Gasteiger partial charge in [0.2, 0.25) is 0 Å². The summed E-state index contributed by atoms with van der Waals surface area (Å²) in [5, 5.41) is 10.4. The predicted octanol–water partition coefficient (Wildman–Crippen LogP) is 2.40. The molecule has 0 bridgehead atoms. The monoisotopic (exact) mass is 230 g/mol. The molecule has 80 valence electrons. The first-order valence-electron chi connectivity index (χ1n) is 4.98. The Balaban J connectivity index is 1.84. The van der Waals surface area contributed by atoms with E-state index < -0.39 is 0 Å². The van der Waals surface area contributed by atoms with Gasteiger partial charge in [-0.3, -0.25) is 0 Å². The molecule has 0 amide bonds. The van der Waals surface area contributed by atoms with Gasteiger partial charge >= 0.3 is 0 Å². The molecule has 0 aromatic carbocycles. The third-order valence-corrected chi connectivity index (χ3v) is 3.10. The van der Waals surface area contributed by atoms with Crippen LogP contribution in [0.5, 0.6) is 0 Å². The summed E-state index contributed by atoms with van der Waals surface area (Å²) in [6.45, 7) is 0.751. The van der Waals surface area contributed by atoms with E-state index in [1.165, 1.54) is 5.56 Å². The molecule has 0 radical (unpaired) electrons. The number of aromatic nitrogens is 3. The number of thiazole rings is 1. The maximum Gasteiger partial charge on any atom is 0.182 e. The lowest BCUT2D eigenvalue weighted by atomic mass is 10.2. The third-order valence-electron chi connectivity index (χ3n) is 2.37. The highest BCUT2D eigenvalue weighted by Gasteiger charge is 2.03. The van der Waals surface area contributed by atoms with Crippen molar-refractivity contribution >= 4 is 22.0 Å². The second-order valence-corrected chi connectivity index (χ2v) is 4.29. The zero-order valence-electron chi connectivity index (χ0n) is 8.50. The predicted molar refractivity (Wildman–Crippen MR) is 64.6 cm³/mol. The molecule has 0 unspecified atom stereocenters. The molecule has 3 aromatic rings. The van der Waals surface area contributed by atoms with Crippen molar-refractivity contribution in [3.63, 3.8) is 0 Å². The van der Waals surface area contributed by atoms with E-state index in [1.807, 2.05) is 34.4 Å². The van der Waals surface area contributed by atoms with Crippen molar-refractivity contribution < 1.29 is 0 Å². The van der Waals surface area contributed by atoms with Gasteiger partial charge in [0.1, 0.15) is 0 Å². The Hall–Kier alpha value is -1.88. The number of pyridine rings is 1. The lowest BCUT2D eigenvalue weighted by Gasteiger charge is -2.00. The number of nitrogens with one attached hydrogen (secondary N) is 1. The number of nitrogens with zero attached hydrogens (tertiary/aromatic N) is 3. The number of rotatable bonds is 3. The summed E-state index contributed by atoms with van der Waals surface area (Å²) in [6, 6.07) is 6.05. The molecule has 0 aliphatic rings. The van der Waals surface area contributed by atoms with Crippen LogP contribution in [0.15, 0.2) is 42.2 Å². The fourth-order valence-electron chi connectivity index (χ4n) is 1.61. The van der Waals surface area contributed by atoms with Gasteiger partial charge in [0.15, 0.2) is 5.13 Å². The van der Waals surface area contributed by atoms with E-state index in [0.717, 1.165) is 17.2 Å². The maximum absolute atomic E-state index is 4.28. The average Bonchev–Trinajstić information content (AvgIpc) is 2.96. The molecule has 3 aromatic heterocycles. The lowest BCUT2D eigenvalue weighted by Crippen LogP contribution is -1.98. The smallest absolute Gasteiger partial charge is 0.182 e. The van der Waals surface area contributed by atoms with E-state index >= 15 is 0 Å². The zero-order valence-corrected chi connectivity index (χ0v) is 9.31. The van der Waals surface area contributed by atoms with Crippen LogP contribution in [0.2, 0.25) is 0 Å². The number of hydrogen-bond donors (Lipinski definition) is 1. The number of hydrogen-bond acceptors (Lipinski definition) is 4. The van der Waals surface area contributed by atoms with Gasteiger partial charge < -0.3 is 5.32 Å². The van der Waals surface area contributed by atoms with Crippen molar-refractivity contribution in [1.29, 1.82) is 0 Å². The second kappa shape index (κ2) is 3.94. The van der Waals surface area contributed by atoms with E-state index in [9.17, 15) is 0 Å². The van der Waals surface area contributed by atoms with Gasteiger partial charge in [-0.1, -0.05) is 6.07 Å². The summed E-state index contributed by atoms with van der Waals surface area (Å²) in [4.78, 5) is 4.18. The molecule has 4 nitrogen and oxygen atoms in total. The molecule has 0 fully saturated rings. The lowest BCUT2D eigenvalue weighted by molar-refractivity contribution is 0.961. The normalized spacial score (nSPS) is 10.8. The van der Waals surface area contributed by atoms with Gasteiger partial charge in [-0.15, -0.1) is 11.3 Å². The van der Waals surface area contributed by atoms with Gasteiger partial charge in [0, 0.05) is 29.9 Å². The summed E-state index contributed by atoms with van der Waals surface area (Å²) in [5.74, 6) is 0. The maximum atomic E-state index is 4.28. The molecule has 0 saturated carbocycles. The Labute approximate surface area is 96.6 Å². The van der Waals surface area contributed by atoms with Gasteiger partial charge in [0.05, 0.1) is 11.7 Å². The Morgan fingerprint density at radius 3 is 3.25 bits per heavy atom. The largest absolute Gasteiger partial charge is 0.357 e. The number of anilines is 1. The topological polar surface area (TPSA) is 42.2 Å². The van der Waals surface area contributed by atoms with E-state index in [0.29, 0.717) is 0 Å². The molecule has 3 rings (SSSR count). The summed E-state index contributed by atoms with van der Waals surface area (Å²) in [5.41, 5.74) is 2.31. The fraction of sp³-hybridized carbons (Fsp3) is 0.0909. The average molecular weight is 230 g/mol. The van der Waals surface area contributed by atoms with Crippen molar-refractivity contribution in [2.75, 3.05) is 5.32 Å². The van der Waals surface area contributed by atoms with E-state index in [4.69, 9.17) is 0 Å². The van der Waals surface area contributed by atoms with Gasteiger partial charge in [-0.25, -0.2) is 9.50 Å². The van der Waals surface area contributed by atoms with E-state index in [-0.39, 0.29) is 0 Å². The van der Waals surface area contributed by atoms with Crippen LogP contribution in [0.3, 0.4) is 0 Å². The van der Waals surface area contributed by atoms with Crippen LogP contribution >= 0.6 is 11.3 Å². The van der Waals surface area contributed by atoms with Gasteiger partial charge in [-0.2, -0.15) is 5.10 Å². The van der Waals surface area contributed by atoms with Crippen LogP contribution in [-0.4, -0.2) is 14.6 Å². The second-order valence-electron chi connectivity index (χ2n) is 3.39. The van der Waals surface area contributed by atoms with Crippen LogP contribution in [0.1, 0.15) is 5.56 Å². The van der Waals surface area contributed by atoms with Crippen molar-refractivity contribution in [3.8, 4) is 0 Å². The first-order chi connectivity index (χ1) is 7.93. The molecular formula is C11H10N4S. The highest BCUT2D eigenvalue weighted by molar-refractivity contribution is 7.13. The van der Waals surface area contributed by atoms with Crippen molar-refractivity contribution in [1.82, 2.24) is 14.6 Å². The minimum Gasteiger partial charge on any atom is -0.357 e. The molecule has 5 heteroatoms. The fourth-order valence-corrected chi connectivity index (χ4v) is 2.13. The summed E-state index contributed by atoms with van der Waals surface area (Å²) < 4.78 is 1.87. The number of fused-ring (bicyclic) bond motifs is 1. The quantitative estimate of drug-likeness (QED) is 0.751. The molecule has 3 heterocycles. The molecule has 0 atom stereocenters. The highest BCUT2D eigenvalue weighted by Crippen LogP contribution is 2.14. The van der Waals surface area contributed by atoms with Crippen molar-refractivity contribution in [2.45, 2.75) is 6.54 Å². The van der Waals surface area contributed by atoms with Crippen molar-refractivity contribution in [2.24, 2.45) is 0 Å². The summed E-state index contributed by atoms with van der Waals surface area (Å²) >= 11 is 1.60. The zero-order chi connectivity index (χ0) is 10.8. The standard InChI is InChI=1S/C11H10N4S/c1-2-5-15-10(3-1)9(8-14-15)7-13-11-12-4-6-16-11/h1-6,8H,7H2,(H,12,13). The molecule has 0 aliphatic heterocycles. The highest BCUT2D eigenvalue weighted by atomic mass is 32.1. The SMILES string of the molecule is c1ccn2ncc(CNc3nccs3)c2c1. The third kappa shape index (κ3) is 1.65. The first kappa shape index (κ1) is 9.35. The minimum absolute atomic E-state index is 0.751. The summed E-state index contributed by atoms with van der Waals surface area (Å²) in [7, 11) is 0. The Bertz CT molecular complexity index is 585. The van der Waals surface area contributed by atoms with Crippen LogP contribution in [0.4, 0.5) is 5.13 Å². The molecule has 0 saturated heterocycles. The minimum atomic E-state index is 0.751. The molecule has 16 heavy (non-hydrogen) atoms. The van der Waals surface area contributed by atoms with Crippen LogP contribution < -0.4 is 5.32 Å². The Kier molecular flexibility index (Phi) is 2.30. The summed E-state index contributed by atoms with van der Waals surface area (Å²) in [6.07, 6.45) is 5.63. The Morgan fingerprint density at radius 2 is 2.38 bits per heavy atom. The molecule has 1 N–H and O–H groups in total. The molecule has 0 spiro atoms. The van der Waals surface area contributed by atoms with E-state index in [1.54, 1.807) is 17.5 Å². The van der Waals surface area contributed by atoms with Gasteiger partial charge in [-0.05, 0) is 12.1 Å². The van der Waals surface area contributed by atoms with Crippen LogP contribution in [-0.2, 0) is 6.54 Å². The Morgan fingerprint density at radius 1 is 1.38 bits per heavy atom. The van der Waals surface area contributed by atoms with E-state index in [2.05, 4.69) is 21.5 Å². The van der Waals surface area contributed by atoms with Crippen molar-refractivity contribution in [3.05, 3.63) is 47.7 Å². The van der Waals surface area contributed by atoms with Crippen LogP contribution in [0.25, 0.3) is 5.52 Å². The first-order valence-corrected chi connectivity index (χ1v) is 5.86. The van der Waals surface area contributed by atoms with Gasteiger partial charge in [0.25, 0.3) is 0 Å². The molecular weight excluding hydrogens is 220 g/mol.